The minimum Gasteiger partial charge on any atom is -0.316 e. The smallest absolute Gasteiger partial charge is 0.0652 e. The molecule has 0 radical (unpaired) electrons. The van der Waals surface area contributed by atoms with Crippen molar-refractivity contribution >= 4 is 0 Å². The van der Waals surface area contributed by atoms with E-state index in [2.05, 4.69) is 10.2 Å². The molecule has 0 amide bonds. The number of nitrogens with two attached hydrogens (primary N) is 4. The van der Waals surface area contributed by atoms with Gasteiger partial charge >= 0.3 is 0 Å². The highest BCUT2D eigenvalue weighted by Crippen LogP contribution is 2.07. The van der Waals surface area contributed by atoms with Gasteiger partial charge in [-0.2, -0.15) is 0 Å². The van der Waals surface area contributed by atoms with Crippen LogP contribution >= 0.6 is 0 Å². The average molecular weight is 202 g/mol. The van der Waals surface area contributed by atoms with Crippen molar-refractivity contribution in [3.63, 3.8) is 0 Å². The first-order valence-electron chi connectivity index (χ1n) is 5.06. The second-order valence-corrected chi connectivity index (χ2v) is 3.92. The monoisotopic (exact) mass is 202 g/mol. The Balaban J connectivity index is 2.41. The molecule has 14 heavy (non-hydrogen) atoms. The van der Waals surface area contributed by atoms with Gasteiger partial charge in [-0.1, -0.05) is 0 Å². The van der Waals surface area contributed by atoms with Crippen LogP contribution in [0.5, 0.6) is 0 Å². The van der Waals surface area contributed by atoms with Crippen molar-refractivity contribution in [1.82, 2.24) is 10.2 Å². The summed E-state index contributed by atoms with van der Waals surface area (Å²) in [5.41, 5.74) is 22.3. The largest absolute Gasteiger partial charge is 0.316 e. The minimum absolute atomic E-state index is 0.267. The van der Waals surface area contributed by atoms with E-state index in [1.54, 1.807) is 0 Å². The fourth-order valence-corrected chi connectivity index (χ4v) is 1.86. The Bertz CT molecular complexity index is 142. The quantitative estimate of drug-likeness (QED) is 0.313. The van der Waals surface area contributed by atoms with E-state index in [0.717, 1.165) is 26.1 Å². The summed E-state index contributed by atoms with van der Waals surface area (Å²) in [6.45, 7) is 3.56. The second kappa shape index (κ2) is 5.59. The topological polar surface area (TPSA) is 119 Å². The molecule has 0 aromatic rings. The SMILES string of the molecule is NC(N)CC1CNCCN1CC(N)N. The van der Waals surface area contributed by atoms with Crippen LogP contribution in [0.15, 0.2) is 0 Å². The highest BCUT2D eigenvalue weighted by atomic mass is 15.2. The number of hydrogen-bond donors (Lipinski definition) is 5. The highest BCUT2D eigenvalue weighted by molar-refractivity contribution is 4.82. The number of rotatable bonds is 4. The Hall–Kier alpha value is -0.240. The highest BCUT2D eigenvalue weighted by Gasteiger charge is 2.23. The van der Waals surface area contributed by atoms with Gasteiger partial charge in [0, 0.05) is 32.2 Å². The van der Waals surface area contributed by atoms with E-state index >= 15 is 0 Å². The lowest BCUT2D eigenvalue weighted by Gasteiger charge is -2.37. The molecule has 0 aromatic carbocycles. The molecule has 0 saturated carbocycles. The standard InChI is InChI=1S/C8H22N6/c9-7(10)3-6-4-13-1-2-14(6)5-8(11)12/h6-8,13H,1-5,9-12H2. The van der Waals surface area contributed by atoms with E-state index in [1.165, 1.54) is 0 Å². The van der Waals surface area contributed by atoms with E-state index in [9.17, 15) is 0 Å². The van der Waals surface area contributed by atoms with Gasteiger partial charge in [0.1, 0.15) is 0 Å². The predicted octanol–water partition coefficient (Wildman–Crippen LogP) is -2.86. The van der Waals surface area contributed by atoms with Gasteiger partial charge in [0.05, 0.1) is 12.3 Å². The maximum absolute atomic E-state index is 5.58. The summed E-state index contributed by atoms with van der Waals surface area (Å²) < 4.78 is 0. The van der Waals surface area contributed by atoms with Gasteiger partial charge in [0.25, 0.3) is 0 Å². The van der Waals surface area contributed by atoms with Crippen LogP contribution in [0.3, 0.4) is 0 Å². The summed E-state index contributed by atoms with van der Waals surface area (Å²) in [6.07, 6.45) is 0.223. The van der Waals surface area contributed by atoms with Crippen LogP contribution < -0.4 is 28.3 Å². The number of nitrogens with zero attached hydrogens (tertiary/aromatic N) is 1. The fraction of sp³-hybridized carbons (Fsp3) is 1.00. The van der Waals surface area contributed by atoms with Crippen molar-refractivity contribution in [2.24, 2.45) is 22.9 Å². The number of hydrogen-bond acceptors (Lipinski definition) is 6. The lowest BCUT2D eigenvalue weighted by Crippen LogP contribution is -2.57. The van der Waals surface area contributed by atoms with Crippen molar-refractivity contribution in [2.45, 2.75) is 24.8 Å². The van der Waals surface area contributed by atoms with Crippen LogP contribution in [0.1, 0.15) is 6.42 Å². The molecular formula is C8H22N6. The molecule has 6 nitrogen and oxygen atoms in total. The molecule has 1 fully saturated rings. The molecule has 0 spiro atoms. The molecular weight excluding hydrogens is 180 g/mol. The van der Waals surface area contributed by atoms with Crippen molar-refractivity contribution in [1.29, 1.82) is 0 Å². The molecule has 84 valence electrons. The summed E-state index contributed by atoms with van der Waals surface area (Å²) in [5.74, 6) is 0. The Labute approximate surface area is 85.0 Å². The average Bonchev–Trinajstić information content (AvgIpc) is 2.06. The van der Waals surface area contributed by atoms with Crippen LogP contribution in [-0.2, 0) is 0 Å². The Morgan fingerprint density at radius 1 is 1.21 bits per heavy atom. The third-order valence-corrected chi connectivity index (χ3v) is 2.46. The molecule has 0 aromatic heterocycles. The lowest BCUT2D eigenvalue weighted by atomic mass is 10.1. The van der Waals surface area contributed by atoms with Crippen LogP contribution in [0.25, 0.3) is 0 Å². The summed E-state index contributed by atoms with van der Waals surface area (Å²) >= 11 is 0. The van der Waals surface area contributed by atoms with Gasteiger partial charge in [-0.25, -0.2) is 0 Å². The Morgan fingerprint density at radius 2 is 1.93 bits per heavy atom. The molecule has 6 heteroatoms. The van der Waals surface area contributed by atoms with Gasteiger partial charge in [-0.3, -0.25) is 4.90 Å². The van der Waals surface area contributed by atoms with E-state index < -0.39 is 0 Å². The van der Waals surface area contributed by atoms with E-state index in [0.29, 0.717) is 12.6 Å². The van der Waals surface area contributed by atoms with Crippen LogP contribution in [0.4, 0.5) is 0 Å². The summed E-state index contributed by atoms with van der Waals surface area (Å²) in [6, 6.07) is 0.360. The molecule has 1 rings (SSSR count). The number of nitrogens with one attached hydrogen (secondary N) is 1. The third kappa shape index (κ3) is 3.87. The molecule has 1 atom stereocenters. The molecule has 1 saturated heterocycles. The van der Waals surface area contributed by atoms with Gasteiger partial charge < -0.3 is 28.3 Å². The maximum Gasteiger partial charge on any atom is 0.0652 e. The summed E-state index contributed by atoms with van der Waals surface area (Å²) in [7, 11) is 0. The zero-order valence-electron chi connectivity index (χ0n) is 8.52. The van der Waals surface area contributed by atoms with Crippen molar-refractivity contribution in [3.05, 3.63) is 0 Å². The van der Waals surface area contributed by atoms with Gasteiger partial charge in [0.15, 0.2) is 0 Å². The first kappa shape index (κ1) is 11.8. The van der Waals surface area contributed by atoms with Crippen molar-refractivity contribution < 1.29 is 0 Å². The summed E-state index contributed by atoms with van der Waals surface area (Å²) in [4.78, 5) is 2.26. The second-order valence-electron chi connectivity index (χ2n) is 3.92. The molecule has 1 aliphatic rings. The third-order valence-electron chi connectivity index (χ3n) is 2.46. The first-order valence-corrected chi connectivity index (χ1v) is 5.06. The van der Waals surface area contributed by atoms with Gasteiger partial charge in [0.2, 0.25) is 0 Å². The van der Waals surface area contributed by atoms with E-state index in [1.807, 2.05) is 0 Å². The molecule has 0 aliphatic carbocycles. The summed E-state index contributed by atoms with van der Waals surface area (Å²) in [5, 5.41) is 3.31. The minimum atomic E-state index is -0.287. The predicted molar refractivity (Wildman–Crippen MR) is 57.2 cm³/mol. The normalized spacial score (nSPS) is 24.9. The van der Waals surface area contributed by atoms with Crippen molar-refractivity contribution in [3.8, 4) is 0 Å². The first-order chi connectivity index (χ1) is 6.59. The maximum atomic E-state index is 5.58. The van der Waals surface area contributed by atoms with Crippen LogP contribution in [-0.4, -0.2) is 49.5 Å². The molecule has 0 bridgehead atoms. The van der Waals surface area contributed by atoms with Gasteiger partial charge in [-0.15, -0.1) is 0 Å². The molecule has 9 N–H and O–H groups in total. The molecule has 1 aliphatic heterocycles. The zero-order valence-corrected chi connectivity index (χ0v) is 8.52. The Morgan fingerprint density at radius 3 is 2.50 bits per heavy atom. The van der Waals surface area contributed by atoms with E-state index in [4.69, 9.17) is 22.9 Å². The number of piperazine rings is 1. The fourth-order valence-electron chi connectivity index (χ4n) is 1.86. The Kier molecular flexibility index (Phi) is 4.73. The van der Waals surface area contributed by atoms with Gasteiger partial charge in [-0.05, 0) is 6.42 Å². The zero-order chi connectivity index (χ0) is 10.6. The lowest BCUT2D eigenvalue weighted by molar-refractivity contribution is 0.139. The molecule has 1 unspecified atom stereocenters. The van der Waals surface area contributed by atoms with E-state index in [-0.39, 0.29) is 12.3 Å². The molecule has 1 heterocycles. The van der Waals surface area contributed by atoms with Crippen molar-refractivity contribution in [2.75, 3.05) is 26.2 Å². The van der Waals surface area contributed by atoms with Crippen LogP contribution in [0.2, 0.25) is 0 Å². The van der Waals surface area contributed by atoms with Crippen LogP contribution in [0, 0.1) is 0 Å².